The Balaban J connectivity index is 2.24. The maximum atomic E-state index is 4.21. The number of aromatic nitrogens is 3. The molecule has 1 N–H and O–H groups in total. The average molecular weight is 230 g/mol. The first-order chi connectivity index (χ1) is 8.33. The Hall–Kier alpha value is -1.68. The lowest BCUT2D eigenvalue weighted by Gasteiger charge is -2.08. The van der Waals surface area contributed by atoms with Gasteiger partial charge in [-0.05, 0) is 32.0 Å². The molecular weight excluding hydrogens is 212 g/mol. The molecule has 0 saturated carbocycles. The molecule has 0 spiro atoms. The minimum atomic E-state index is 0.754. The molecule has 0 fully saturated rings. The highest BCUT2D eigenvalue weighted by molar-refractivity contribution is 5.33. The van der Waals surface area contributed by atoms with Gasteiger partial charge in [0.15, 0.2) is 5.82 Å². The normalized spacial score (nSPS) is 10.7. The van der Waals surface area contributed by atoms with Crippen LogP contribution in [0.25, 0.3) is 5.69 Å². The van der Waals surface area contributed by atoms with Gasteiger partial charge in [-0.2, -0.15) is 0 Å². The van der Waals surface area contributed by atoms with Crippen LogP contribution < -0.4 is 5.32 Å². The Morgan fingerprint density at radius 2 is 1.94 bits per heavy atom. The van der Waals surface area contributed by atoms with E-state index in [2.05, 4.69) is 39.1 Å². The first-order valence-corrected chi connectivity index (χ1v) is 6.00. The van der Waals surface area contributed by atoms with Crippen molar-refractivity contribution in [1.82, 2.24) is 20.1 Å². The lowest BCUT2D eigenvalue weighted by molar-refractivity contribution is 0.640. The van der Waals surface area contributed by atoms with E-state index in [1.54, 1.807) is 0 Å². The monoisotopic (exact) mass is 230 g/mol. The Morgan fingerprint density at radius 1 is 1.18 bits per heavy atom. The van der Waals surface area contributed by atoms with Crippen LogP contribution in [0.5, 0.6) is 0 Å². The molecule has 0 atom stereocenters. The number of nitrogens with one attached hydrogen (secondary N) is 1. The molecule has 2 rings (SSSR count). The fraction of sp³-hybridized carbons (Fsp3) is 0.385. The Labute approximate surface area is 102 Å². The van der Waals surface area contributed by atoms with Gasteiger partial charge in [0, 0.05) is 5.69 Å². The molecule has 2 aromatic rings. The summed E-state index contributed by atoms with van der Waals surface area (Å²) in [6.45, 7) is 5.88. The minimum absolute atomic E-state index is 0.754. The summed E-state index contributed by atoms with van der Waals surface area (Å²) in [5, 5.41) is 11.7. The van der Waals surface area contributed by atoms with Gasteiger partial charge < -0.3 is 5.32 Å². The van der Waals surface area contributed by atoms with Crippen molar-refractivity contribution in [2.45, 2.75) is 26.8 Å². The van der Waals surface area contributed by atoms with E-state index >= 15 is 0 Å². The second-order valence-electron chi connectivity index (χ2n) is 4.01. The van der Waals surface area contributed by atoms with Gasteiger partial charge in [-0.15, -0.1) is 10.2 Å². The van der Waals surface area contributed by atoms with Crippen LogP contribution in [0.3, 0.4) is 0 Å². The number of para-hydroxylation sites is 1. The molecule has 90 valence electrons. The van der Waals surface area contributed by atoms with Crippen molar-refractivity contribution in [3.8, 4) is 5.69 Å². The number of rotatable bonds is 5. The van der Waals surface area contributed by atoms with Crippen LogP contribution in [0.2, 0.25) is 0 Å². The molecule has 0 saturated heterocycles. The van der Waals surface area contributed by atoms with Gasteiger partial charge in [-0.3, -0.25) is 4.57 Å². The Bertz CT molecular complexity index is 462. The Morgan fingerprint density at radius 3 is 2.65 bits per heavy atom. The summed E-state index contributed by atoms with van der Waals surface area (Å²) >= 11 is 0. The van der Waals surface area contributed by atoms with Crippen molar-refractivity contribution in [2.75, 3.05) is 6.54 Å². The first-order valence-electron chi connectivity index (χ1n) is 6.00. The summed E-state index contributed by atoms with van der Waals surface area (Å²) in [7, 11) is 0. The molecule has 0 amide bonds. The fourth-order valence-corrected chi connectivity index (χ4v) is 1.81. The van der Waals surface area contributed by atoms with Crippen molar-refractivity contribution in [1.29, 1.82) is 0 Å². The lowest BCUT2D eigenvalue weighted by atomic mass is 10.3. The topological polar surface area (TPSA) is 42.7 Å². The van der Waals surface area contributed by atoms with Crippen molar-refractivity contribution in [3.63, 3.8) is 0 Å². The van der Waals surface area contributed by atoms with E-state index in [4.69, 9.17) is 0 Å². The predicted octanol–water partition coefficient (Wildman–Crippen LogP) is 2.08. The summed E-state index contributed by atoms with van der Waals surface area (Å²) in [5.74, 6) is 1.88. The summed E-state index contributed by atoms with van der Waals surface area (Å²) < 4.78 is 2.09. The number of hydrogen-bond donors (Lipinski definition) is 1. The van der Waals surface area contributed by atoms with Crippen molar-refractivity contribution >= 4 is 0 Å². The van der Waals surface area contributed by atoms with Crippen molar-refractivity contribution in [2.24, 2.45) is 0 Å². The third-order valence-corrected chi connectivity index (χ3v) is 2.62. The molecule has 1 aromatic heterocycles. The molecule has 1 aromatic carbocycles. The zero-order valence-electron chi connectivity index (χ0n) is 10.3. The Kier molecular flexibility index (Phi) is 3.88. The van der Waals surface area contributed by atoms with E-state index in [-0.39, 0.29) is 0 Å². The minimum Gasteiger partial charge on any atom is -0.310 e. The van der Waals surface area contributed by atoms with Crippen LogP contribution in [0, 0.1) is 6.92 Å². The van der Waals surface area contributed by atoms with Crippen LogP contribution in [0.15, 0.2) is 30.3 Å². The van der Waals surface area contributed by atoms with Gasteiger partial charge in [0.2, 0.25) is 0 Å². The number of benzene rings is 1. The third kappa shape index (κ3) is 2.71. The van der Waals surface area contributed by atoms with E-state index in [0.29, 0.717) is 0 Å². The van der Waals surface area contributed by atoms with Crippen molar-refractivity contribution < 1.29 is 0 Å². The van der Waals surface area contributed by atoms with Gasteiger partial charge in [0.1, 0.15) is 5.82 Å². The standard InChI is InChI=1S/C13H18N4/c1-3-9-14-10-13-16-15-11(2)17(13)12-7-5-4-6-8-12/h4-8,14H,3,9-10H2,1-2H3. The highest BCUT2D eigenvalue weighted by Gasteiger charge is 2.09. The van der Waals surface area contributed by atoms with E-state index in [1.807, 2.05) is 25.1 Å². The SMILES string of the molecule is CCCNCc1nnc(C)n1-c1ccccc1. The van der Waals surface area contributed by atoms with Gasteiger partial charge >= 0.3 is 0 Å². The highest BCUT2D eigenvalue weighted by atomic mass is 15.3. The van der Waals surface area contributed by atoms with Gasteiger partial charge in [-0.1, -0.05) is 25.1 Å². The summed E-state index contributed by atoms with van der Waals surface area (Å²) in [6, 6.07) is 10.2. The molecular formula is C13H18N4. The zero-order chi connectivity index (χ0) is 12.1. The average Bonchev–Trinajstić information content (AvgIpc) is 2.72. The van der Waals surface area contributed by atoms with Gasteiger partial charge in [0.05, 0.1) is 6.54 Å². The maximum Gasteiger partial charge on any atom is 0.151 e. The van der Waals surface area contributed by atoms with E-state index in [1.165, 1.54) is 0 Å². The van der Waals surface area contributed by atoms with Crippen LogP contribution in [-0.4, -0.2) is 21.3 Å². The molecule has 0 bridgehead atoms. The molecule has 0 aliphatic heterocycles. The molecule has 17 heavy (non-hydrogen) atoms. The molecule has 0 radical (unpaired) electrons. The van der Waals surface area contributed by atoms with Gasteiger partial charge in [-0.25, -0.2) is 0 Å². The summed E-state index contributed by atoms with van der Waals surface area (Å²) in [6.07, 6.45) is 1.12. The third-order valence-electron chi connectivity index (χ3n) is 2.62. The lowest BCUT2D eigenvalue weighted by Crippen LogP contribution is -2.17. The van der Waals surface area contributed by atoms with Crippen LogP contribution >= 0.6 is 0 Å². The highest BCUT2D eigenvalue weighted by Crippen LogP contribution is 2.12. The predicted molar refractivity (Wildman–Crippen MR) is 68.1 cm³/mol. The molecule has 0 aliphatic carbocycles. The number of hydrogen-bond acceptors (Lipinski definition) is 3. The van der Waals surface area contributed by atoms with Crippen LogP contribution in [-0.2, 0) is 6.54 Å². The quantitative estimate of drug-likeness (QED) is 0.800. The molecule has 4 nitrogen and oxygen atoms in total. The smallest absolute Gasteiger partial charge is 0.151 e. The van der Waals surface area contributed by atoms with E-state index in [9.17, 15) is 0 Å². The fourth-order valence-electron chi connectivity index (χ4n) is 1.81. The zero-order valence-corrected chi connectivity index (χ0v) is 10.3. The number of aryl methyl sites for hydroxylation is 1. The first kappa shape index (κ1) is 11.8. The van der Waals surface area contributed by atoms with Crippen LogP contribution in [0.4, 0.5) is 0 Å². The molecule has 0 aliphatic rings. The molecule has 1 heterocycles. The van der Waals surface area contributed by atoms with Crippen LogP contribution in [0.1, 0.15) is 25.0 Å². The number of nitrogens with zero attached hydrogens (tertiary/aromatic N) is 3. The molecule has 0 unspecified atom stereocenters. The van der Waals surface area contributed by atoms with Gasteiger partial charge in [0.25, 0.3) is 0 Å². The van der Waals surface area contributed by atoms with Crippen molar-refractivity contribution in [3.05, 3.63) is 42.0 Å². The van der Waals surface area contributed by atoms with E-state index in [0.717, 1.165) is 36.8 Å². The second kappa shape index (κ2) is 5.59. The summed E-state index contributed by atoms with van der Waals surface area (Å²) in [5.41, 5.74) is 1.11. The molecule has 4 heteroatoms. The second-order valence-corrected chi connectivity index (χ2v) is 4.01. The maximum absolute atomic E-state index is 4.21. The summed E-state index contributed by atoms with van der Waals surface area (Å²) in [4.78, 5) is 0. The largest absolute Gasteiger partial charge is 0.310 e. The van der Waals surface area contributed by atoms with E-state index < -0.39 is 0 Å².